The van der Waals surface area contributed by atoms with Gasteiger partial charge in [0, 0.05) is 24.9 Å². The summed E-state index contributed by atoms with van der Waals surface area (Å²) in [7, 11) is 0. The van der Waals surface area contributed by atoms with Crippen LogP contribution in [-0.4, -0.2) is 28.5 Å². The van der Waals surface area contributed by atoms with E-state index in [1.54, 1.807) is 12.5 Å². The molecule has 1 rings (SSSR count). The first kappa shape index (κ1) is 11.7. The first-order valence-corrected chi connectivity index (χ1v) is 5.24. The van der Waals surface area contributed by atoms with E-state index in [0.29, 0.717) is 13.0 Å². The third kappa shape index (κ3) is 4.12. The Bertz CT molecular complexity index is 284. The van der Waals surface area contributed by atoms with Gasteiger partial charge in [-0.2, -0.15) is 0 Å². The van der Waals surface area contributed by atoms with E-state index in [1.807, 2.05) is 0 Å². The van der Waals surface area contributed by atoms with E-state index in [4.69, 9.17) is 5.73 Å². The second-order valence-corrected chi connectivity index (χ2v) is 3.53. The molecular weight excluding hydrogens is 193 g/mol. The summed E-state index contributed by atoms with van der Waals surface area (Å²) in [5.41, 5.74) is 6.61. The number of aromatic amines is 1. The molecule has 5 nitrogen and oxygen atoms in total. The van der Waals surface area contributed by atoms with Gasteiger partial charge < -0.3 is 16.0 Å². The van der Waals surface area contributed by atoms with Crippen LogP contribution in [0.2, 0.25) is 0 Å². The van der Waals surface area contributed by atoms with Gasteiger partial charge in [0.2, 0.25) is 5.91 Å². The zero-order valence-electron chi connectivity index (χ0n) is 8.99. The molecule has 0 bridgehead atoms. The molecule has 5 heteroatoms. The summed E-state index contributed by atoms with van der Waals surface area (Å²) in [4.78, 5) is 18.3. The molecule has 84 valence electrons. The number of carbonyl (C=O) groups excluding carboxylic acids is 1. The average molecular weight is 211 g/mol. The molecule has 1 heterocycles. The second kappa shape index (κ2) is 6.19. The number of nitrogens with one attached hydrogen (secondary N) is 2. The molecule has 0 unspecified atom stereocenters. The van der Waals surface area contributed by atoms with Crippen LogP contribution in [0, 0.1) is 0 Å². The van der Waals surface area contributed by atoms with Gasteiger partial charge in [-0.05, 0) is 6.42 Å². The number of nitrogens with two attached hydrogens (primary N) is 1. The number of rotatable bonds is 6. The first-order chi connectivity index (χ1) is 7.24. The van der Waals surface area contributed by atoms with Crippen LogP contribution < -0.4 is 11.1 Å². The molecule has 0 aromatic carbocycles. The predicted molar refractivity (Wildman–Crippen MR) is 58.2 cm³/mol. The highest BCUT2D eigenvalue weighted by molar-refractivity contribution is 5.81. The molecule has 0 spiro atoms. The van der Waals surface area contributed by atoms with Crippen molar-refractivity contribution < 1.29 is 4.79 Å². The molecule has 0 aliphatic rings. The Labute approximate surface area is 89.5 Å². The summed E-state index contributed by atoms with van der Waals surface area (Å²) in [5, 5.41) is 2.80. The van der Waals surface area contributed by atoms with Crippen LogP contribution in [-0.2, 0) is 11.2 Å². The number of aromatic nitrogens is 2. The molecule has 0 aliphatic carbocycles. The normalized spacial score (nSPS) is 12.4. The number of H-pyrrole nitrogens is 1. The van der Waals surface area contributed by atoms with Crippen molar-refractivity contribution in [3.63, 3.8) is 0 Å². The summed E-state index contributed by atoms with van der Waals surface area (Å²) >= 11 is 0. The van der Waals surface area contributed by atoms with Crippen LogP contribution in [0.5, 0.6) is 0 Å². The van der Waals surface area contributed by atoms with Crippen molar-refractivity contribution >= 4 is 5.91 Å². The van der Waals surface area contributed by atoms with Crippen LogP contribution >= 0.6 is 0 Å². The van der Waals surface area contributed by atoms with Crippen molar-refractivity contribution in [2.75, 3.05) is 6.54 Å². The van der Waals surface area contributed by atoms with E-state index < -0.39 is 6.04 Å². The van der Waals surface area contributed by atoms with Crippen molar-refractivity contribution in [1.82, 2.24) is 15.3 Å². The minimum Gasteiger partial charge on any atom is -0.355 e. The quantitative estimate of drug-likeness (QED) is 0.464. The zero-order valence-corrected chi connectivity index (χ0v) is 8.99. The van der Waals surface area contributed by atoms with E-state index in [9.17, 15) is 4.79 Å². The molecule has 0 saturated carbocycles. The fourth-order valence-corrected chi connectivity index (χ4v) is 1.25. The average Bonchev–Trinajstić information content (AvgIpc) is 2.70. The van der Waals surface area contributed by atoms with E-state index >= 15 is 0 Å². The van der Waals surface area contributed by atoms with E-state index in [0.717, 1.165) is 18.5 Å². The number of nitrogens with zero attached hydrogens (tertiary/aromatic N) is 1. The Kier molecular flexibility index (Phi) is 4.83. The Morgan fingerprint density at radius 2 is 2.53 bits per heavy atom. The third-order valence-corrected chi connectivity index (χ3v) is 2.16. The minimum atomic E-state index is -0.498. The standard InChI is InChI=1S/C10H18N4O/c1-2-3-4-13-10(15)9(11)5-8-6-12-7-14-8/h6-7,9H,2-5,11H2,1H3,(H,12,14)(H,13,15)/t9-/m0/s1/i10+1. The van der Waals surface area contributed by atoms with E-state index in [1.165, 1.54) is 0 Å². The molecule has 1 atom stereocenters. The number of imidazole rings is 1. The molecular formula is C10H18N4O. The van der Waals surface area contributed by atoms with Crippen LogP contribution in [0.15, 0.2) is 12.5 Å². The van der Waals surface area contributed by atoms with E-state index in [-0.39, 0.29) is 5.91 Å². The molecule has 0 aliphatic heterocycles. The van der Waals surface area contributed by atoms with Gasteiger partial charge in [-0.1, -0.05) is 13.3 Å². The van der Waals surface area contributed by atoms with Crippen LogP contribution in [0.3, 0.4) is 0 Å². The monoisotopic (exact) mass is 211 g/mol. The predicted octanol–water partition coefficient (Wildman–Crippen LogP) is 0.196. The lowest BCUT2D eigenvalue weighted by molar-refractivity contribution is -0.122. The molecule has 1 amide bonds. The summed E-state index contributed by atoms with van der Waals surface area (Å²) in [5.74, 6) is -0.0990. The Balaban J connectivity index is 2.27. The highest BCUT2D eigenvalue weighted by atomic mass is 16.2. The topological polar surface area (TPSA) is 83.8 Å². The van der Waals surface area contributed by atoms with Crippen LogP contribution in [0.4, 0.5) is 0 Å². The SMILES string of the molecule is CCCCN[13C](=O)[C@@H](N)Cc1cnc[nH]1. The maximum absolute atomic E-state index is 11.5. The maximum Gasteiger partial charge on any atom is 0.237 e. The van der Waals surface area contributed by atoms with Gasteiger partial charge in [0.25, 0.3) is 0 Å². The first-order valence-electron chi connectivity index (χ1n) is 5.24. The molecule has 0 fully saturated rings. The highest BCUT2D eigenvalue weighted by Gasteiger charge is 2.13. The van der Waals surface area contributed by atoms with Gasteiger partial charge in [0.05, 0.1) is 12.4 Å². The van der Waals surface area contributed by atoms with Crippen LogP contribution in [0.25, 0.3) is 0 Å². The molecule has 1 aromatic rings. The number of carbonyl (C=O) groups is 1. The Hall–Kier alpha value is -1.36. The van der Waals surface area contributed by atoms with Gasteiger partial charge in [0.15, 0.2) is 0 Å². The fourth-order valence-electron chi connectivity index (χ4n) is 1.25. The summed E-state index contributed by atoms with van der Waals surface area (Å²) < 4.78 is 0. The smallest absolute Gasteiger partial charge is 0.237 e. The maximum atomic E-state index is 11.5. The molecule has 15 heavy (non-hydrogen) atoms. The van der Waals surface area contributed by atoms with Crippen molar-refractivity contribution in [3.05, 3.63) is 18.2 Å². The molecule has 0 radical (unpaired) electrons. The zero-order chi connectivity index (χ0) is 11.1. The van der Waals surface area contributed by atoms with Gasteiger partial charge in [0.1, 0.15) is 0 Å². The largest absolute Gasteiger partial charge is 0.355 e. The second-order valence-electron chi connectivity index (χ2n) is 3.53. The third-order valence-electron chi connectivity index (χ3n) is 2.16. The summed E-state index contributed by atoms with van der Waals surface area (Å²) in [6.07, 6.45) is 5.81. The molecule has 1 aromatic heterocycles. The number of hydrogen-bond acceptors (Lipinski definition) is 3. The van der Waals surface area contributed by atoms with Gasteiger partial charge >= 0.3 is 0 Å². The lowest BCUT2D eigenvalue weighted by atomic mass is 10.2. The van der Waals surface area contributed by atoms with E-state index in [2.05, 4.69) is 22.2 Å². The van der Waals surface area contributed by atoms with Crippen molar-refractivity contribution in [3.8, 4) is 0 Å². The lowest BCUT2D eigenvalue weighted by Gasteiger charge is -2.10. The molecule has 4 N–H and O–H groups in total. The lowest BCUT2D eigenvalue weighted by Crippen LogP contribution is -2.42. The summed E-state index contributed by atoms with van der Waals surface area (Å²) in [6.45, 7) is 2.78. The van der Waals surface area contributed by atoms with Gasteiger partial charge in [-0.3, -0.25) is 4.79 Å². The minimum absolute atomic E-state index is 0.0990. The van der Waals surface area contributed by atoms with Crippen molar-refractivity contribution in [2.45, 2.75) is 32.2 Å². The number of unbranched alkanes of at least 4 members (excludes halogenated alkanes) is 1. The Morgan fingerprint density at radius 3 is 3.13 bits per heavy atom. The highest BCUT2D eigenvalue weighted by Crippen LogP contribution is 1.96. The van der Waals surface area contributed by atoms with Gasteiger partial charge in [-0.15, -0.1) is 0 Å². The van der Waals surface area contributed by atoms with Crippen molar-refractivity contribution in [2.24, 2.45) is 5.73 Å². The fraction of sp³-hybridized carbons (Fsp3) is 0.600. The summed E-state index contributed by atoms with van der Waals surface area (Å²) in [6, 6.07) is -0.498. The molecule has 0 saturated heterocycles. The number of hydrogen-bond donors (Lipinski definition) is 3. The van der Waals surface area contributed by atoms with Crippen LogP contribution in [0.1, 0.15) is 25.5 Å². The van der Waals surface area contributed by atoms with Gasteiger partial charge in [-0.25, -0.2) is 4.98 Å². The van der Waals surface area contributed by atoms with Crippen molar-refractivity contribution in [1.29, 1.82) is 0 Å². The number of amides is 1. The Morgan fingerprint density at radius 1 is 1.73 bits per heavy atom.